The standard InChI is InChI=1S/C15H22N2O2/c1-16-9-10-17(12-14(11-16)15(18)19)8-7-13-5-3-2-4-6-13/h2-6,14H,7-12H2,1H3,(H,18,19). The van der Waals surface area contributed by atoms with E-state index in [0.717, 1.165) is 26.1 Å². The molecule has 1 heterocycles. The maximum atomic E-state index is 11.2. The molecule has 1 aliphatic heterocycles. The number of aliphatic carboxylic acids is 1. The van der Waals surface area contributed by atoms with Gasteiger partial charge in [-0.15, -0.1) is 0 Å². The van der Waals surface area contributed by atoms with Gasteiger partial charge >= 0.3 is 5.97 Å². The zero-order valence-electron chi connectivity index (χ0n) is 11.5. The Balaban J connectivity index is 1.90. The first-order chi connectivity index (χ1) is 9.15. The molecule has 0 spiro atoms. The highest BCUT2D eigenvalue weighted by molar-refractivity contribution is 5.70. The van der Waals surface area contributed by atoms with E-state index in [1.807, 2.05) is 25.2 Å². The number of benzene rings is 1. The number of carboxylic acid groups (broad SMARTS) is 1. The Morgan fingerprint density at radius 3 is 2.68 bits per heavy atom. The van der Waals surface area contributed by atoms with E-state index < -0.39 is 5.97 Å². The third-order valence-electron chi connectivity index (χ3n) is 3.72. The molecule has 1 atom stereocenters. The number of carboxylic acids is 1. The van der Waals surface area contributed by atoms with Crippen molar-refractivity contribution in [1.82, 2.24) is 9.80 Å². The maximum Gasteiger partial charge on any atom is 0.309 e. The first-order valence-electron chi connectivity index (χ1n) is 6.83. The van der Waals surface area contributed by atoms with E-state index in [2.05, 4.69) is 21.9 Å². The van der Waals surface area contributed by atoms with E-state index in [9.17, 15) is 9.90 Å². The van der Waals surface area contributed by atoms with Gasteiger partial charge in [0, 0.05) is 32.7 Å². The fraction of sp³-hybridized carbons (Fsp3) is 0.533. The quantitative estimate of drug-likeness (QED) is 0.885. The molecule has 1 unspecified atom stereocenters. The summed E-state index contributed by atoms with van der Waals surface area (Å²) in [6, 6.07) is 10.4. The van der Waals surface area contributed by atoms with Crippen LogP contribution in [0.5, 0.6) is 0 Å². The fourth-order valence-electron chi connectivity index (χ4n) is 2.53. The van der Waals surface area contributed by atoms with Crippen molar-refractivity contribution in [3.8, 4) is 0 Å². The summed E-state index contributed by atoms with van der Waals surface area (Å²) in [5.74, 6) is -0.957. The van der Waals surface area contributed by atoms with E-state index >= 15 is 0 Å². The first kappa shape index (κ1) is 14.0. The summed E-state index contributed by atoms with van der Waals surface area (Å²) in [5, 5.41) is 9.23. The Hall–Kier alpha value is -1.39. The summed E-state index contributed by atoms with van der Waals surface area (Å²) in [7, 11) is 2.00. The van der Waals surface area contributed by atoms with E-state index in [1.165, 1.54) is 5.56 Å². The van der Waals surface area contributed by atoms with E-state index in [4.69, 9.17) is 0 Å². The first-order valence-corrected chi connectivity index (χ1v) is 6.83. The predicted molar refractivity (Wildman–Crippen MR) is 75.2 cm³/mol. The van der Waals surface area contributed by atoms with Crippen molar-refractivity contribution < 1.29 is 9.90 Å². The third kappa shape index (κ3) is 4.33. The van der Waals surface area contributed by atoms with Crippen LogP contribution < -0.4 is 0 Å². The highest BCUT2D eigenvalue weighted by Crippen LogP contribution is 2.10. The lowest BCUT2D eigenvalue weighted by Gasteiger charge is -2.21. The summed E-state index contributed by atoms with van der Waals surface area (Å²) in [5.41, 5.74) is 1.31. The normalized spacial score (nSPS) is 22.1. The predicted octanol–water partition coefficient (Wildman–Crippen LogP) is 1.18. The van der Waals surface area contributed by atoms with Gasteiger partial charge in [0.05, 0.1) is 5.92 Å². The van der Waals surface area contributed by atoms with Gasteiger partial charge in [-0.25, -0.2) is 0 Å². The number of rotatable bonds is 4. The van der Waals surface area contributed by atoms with Gasteiger partial charge in [-0.2, -0.15) is 0 Å². The number of likely N-dealkylation sites (N-methyl/N-ethyl adjacent to an activating group) is 1. The molecule has 0 amide bonds. The second-order valence-electron chi connectivity index (χ2n) is 5.33. The molecule has 104 valence electrons. The van der Waals surface area contributed by atoms with Gasteiger partial charge in [0.15, 0.2) is 0 Å². The number of hydrogen-bond donors (Lipinski definition) is 1. The Morgan fingerprint density at radius 2 is 2.00 bits per heavy atom. The van der Waals surface area contributed by atoms with Gasteiger partial charge in [-0.3, -0.25) is 4.79 Å². The maximum absolute atomic E-state index is 11.2. The highest BCUT2D eigenvalue weighted by atomic mass is 16.4. The molecular weight excluding hydrogens is 240 g/mol. The zero-order chi connectivity index (χ0) is 13.7. The van der Waals surface area contributed by atoms with Crippen molar-refractivity contribution in [2.75, 3.05) is 39.8 Å². The van der Waals surface area contributed by atoms with Crippen LogP contribution in [-0.2, 0) is 11.2 Å². The second-order valence-corrected chi connectivity index (χ2v) is 5.33. The van der Waals surface area contributed by atoms with Crippen LogP contribution in [0.15, 0.2) is 30.3 Å². The van der Waals surface area contributed by atoms with Crippen LogP contribution in [0.2, 0.25) is 0 Å². The average Bonchev–Trinajstić information content (AvgIpc) is 2.60. The topological polar surface area (TPSA) is 43.8 Å². The molecule has 4 heteroatoms. The lowest BCUT2D eigenvalue weighted by atomic mass is 10.1. The van der Waals surface area contributed by atoms with E-state index in [1.54, 1.807) is 0 Å². The molecule has 2 rings (SSSR count). The number of nitrogens with zero attached hydrogens (tertiary/aromatic N) is 2. The van der Waals surface area contributed by atoms with Crippen LogP contribution in [0, 0.1) is 5.92 Å². The summed E-state index contributed by atoms with van der Waals surface area (Å²) in [4.78, 5) is 15.6. The largest absolute Gasteiger partial charge is 0.481 e. The summed E-state index contributed by atoms with van der Waals surface area (Å²) >= 11 is 0. The second kappa shape index (κ2) is 6.68. The van der Waals surface area contributed by atoms with Crippen molar-refractivity contribution in [2.45, 2.75) is 6.42 Å². The SMILES string of the molecule is CN1CCN(CCc2ccccc2)CC(C(=O)O)C1. The smallest absolute Gasteiger partial charge is 0.309 e. The van der Waals surface area contributed by atoms with Gasteiger partial charge in [0.1, 0.15) is 0 Å². The summed E-state index contributed by atoms with van der Waals surface area (Å²) < 4.78 is 0. The molecule has 1 aromatic carbocycles. The van der Waals surface area contributed by atoms with Gasteiger partial charge in [-0.1, -0.05) is 30.3 Å². The third-order valence-corrected chi connectivity index (χ3v) is 3.72. The lowest BCUT2D eigenvalue weighted by Crippen LogP contribution is -2.35. The number of carbonyl (C=O) groups is 1. The lowest BCUT2D eigenvalue weighted by molar-refractivity contribution is -0.142. The molecule has 0 aromatic heterocycles. The molecule has 19 heavy (non-hydrogen) atoms. The van der Waals surface area contributed by atoms with Crippen LogP contribution >= 0.6 is 0 Å². The fourth-order valence-corrected chi connectivity index (χ4v) is 2.53. The monoisotopic (exact) mass is 262 g/mol. The highest BCUT2D eigenvalue weighted by Gasteiger charge is 2.25. The summed E-state index contributed by atoms with van der Waals surface area (Å²) in [6.45, 7) is 4.14. The molecule has 4 nitrogen and oxygen atoms in total. The zero-order valence-corrected chi connectivity index (χ0v) is 11.5. The Kier molecular flexibility index (Phi) is 4.93. The Bertz CT molecular complexity index is 408. The minimum absolute atomic E-state index is 0.275. The Morgan fingerprint density at radius 1 is 1.26 bits per heavy atom. The molecule has 1 N–H and O–H groups in total. The van der Waals surface area contributed by atoms with Crippen molar-refractivity contribution in [1.29, 1.82) is 0 Å². The van der Waals surface area contributed by atoms with Crippen molar-refractivity contribution in [3.05, 3.63) is 35.9 Å². The minimum atomic E-state index is -0.682. The average molecular weight is 262 g/mol. The van der Waals surface area contributed by atoms with Gasteiger partial charge < -0.3 is 14.9 Å². The van der Waals surface area contributed by atoms with Crippen LogP contribution in [0.1, 0.15) is 5.56 Å². The minimum Gasteiger partial charge on any atom is -0.481 e. The molecule has 1 aliphatic rings. The molecule has 1 fully saturated rings. The van der Waals surface area contributed by atoms with E-state index in [0.29, 0.717) is 13.1 Å². The molecule has 0 aliphatic carbocycles. The van der Waals surface area contributed by atoms with Crippen molar-refractivity contribution in [3.63, 3.8) is 0 Å². The summed E-state index contributed by atoms with van der Waals surface area (Å²) in [6.07, 6.45) is 0.983. The Labute approximate surface area is 114 Å². The van der Waals surface area contributed by atoms with Gasteiger partial charge in [-0.05, 0) is 19.0 Å². The molecule has 0 saturated carbocycles. The van der Waals surface area contributed by atoms with Crippen molar-refractivity contribution in [2.24, 2.45) is 5.92 Å². The molecular formula is C15H22N2O2. The van der Waals surface area contributed by atoms with E-state index in [-0.39, 0.29) is 5.92 Å². The molecule has 1 aromatic rings. The van der Waals surface area contributed by atoms with Gasteiger partial charge in [0.2, 0.25) is 0 Å². The molecule has 1 saturated heterocycles. The van der Waals surface area contributed by atoms with Crippen LogP contribution in [-0.4, -0.2) is 60.6 Å². The number of hydrogen-bond acceptors (Lipinski definition) is 3. The molecule has 0 radical (unpaired) electrons. The van der Waals surface area contributed by atoms with Crippen LogP contribution in [0.25, 0.3) is 0 Å². The molecule has 0 bridgehead atoms. The van der Waals surface area contributed by atoms with Crippen molar-refractivity contribution >= 4 is 5.97 Å². The van der Waals surface area contributed by atoms with Gasteiger partial charge in [0.25, 0.3) is 0 Å². The van der Waals surface area contributed by atoms with Crippen LogP contribution in [0.4, 0.5) is 0 Å². The van der Waals surface area contributed by atoms with Crippen LogP contribution in [0.3, 0.4) is 0 Å².